The molecule has 1 amide bonds. The highest BCUT2D eigenvalue weighted by Crippen LogP contribution is 2.41. The Hall–Kier alpha value is -5.21. The SMILES string of the molecule is CCCCCCCCCCCCOc1ccc(C)cc1NC(=O)c1cc(Oc2ccc(CSc3nnc(CC(=O)OCCC)s3)cc2[N+](=O)[O-])c2ccccc2c1O. The maximum atomic E-state index is 13.9. The zero-order valence-electron chi connectivity index (χ0n) is 33.4. The molecule has 0 unspecified atom stereocenters. The van der Waals surface area contributed by atoms with Gasteiger partial charge in [0.2, 0.25) is 5.75 Å². The van der Waals surface area contributed by atoms with Gasteiger partial charge < -0.3 is 24.6 Å². The first kappa shape index (κ1) is 43.9. The third-order valence-corrected chi connectivity index (χ3v) is 11.5. The number of nitro benzene ring substituents is 1. The monoisotopic (exact) mass is 828 g/mol. The van der Waals surface area contributed by atoms with Crippen molar-refractivity contribution in [1.29, 1.82) is 0 Å². The quantitative estimate of drug-likeness (QED) is 0.0200. The van der Waals surface area contributed by atoms with Crippen molar-refractivity contribution in [3.05, 3.63) is 98.5 Å². The summed E-state index contributed by atoms with van der Waals surface area (Å²) in [7, 11) is 0. The van der Waals surface area contributed by atoms with E-state index in [0.717, 1.165) is 24.8 Å². The number of carbonyl (C=O) groups is 2. The Labute approximate surface area is 347 Å². The van der Waals surface area contributed by atoms with E-state index in [4.69, 9.17) is 14.2 Å². The number of aromatic nitrogens is 2. The second kappa shape index (κ2) is 22.7. The lowest BCUT2D eigenvalue weighted by Crippen LogP contribution is -2.14. The summed E-state index contributed by atoms with van der Waals surface area (Å²) in [6.45, 7) is 6.93. The van der Waals surface area contributed by atoms with Crippen LogP contribution in [0.25, 0.3) is 10.8 Å². The number of esters is 1. The van der Waals surface area contributed by atoms with Gasteiger partial charge in [0.1, 0.15) is 22.3 Å². The van der Waals surface area contributed by atoms with Crippen LogP contribution in [-0.4, -0.2) is 45.3 Å². The lowest BCUT2D eigenvalue weighted by molar-refractivity contribution is -0.385. The predicted molar refractivity (Wildman–Crippen MR) is 230 cm³/mol. The summed E-state index contributed by atoms with van der Waals surface area (Å²) in [6.07, 6.45) is 12.9. The Kier molecular flexibility index (Phi) is 17.2. The number of phenols is 1. The molecule has 308 valence electrons. The topological polar surface area (TPSA) is 163 Å². The van der Waals surface area contributed by atoms with Crippen LogP contribution in [0, 0.1) is 17.0 Å². The molecule has 0 saturated heterocycles. The highest BCUT2D eigenvalue weighted by Gasteiger charge is 2.23. The van der Waals surface area contributed by atoms with Crippen LogP contribution < -0.4 is 14.8 Å². The molecule has 1 aromatic heterocycles. The van der Waals surface area contributed by atoms with E-state index >= 15 is 0 Å². The third-order valence-electron chi connectivity index (χ3n) is 9.37. The van der Waals surface area contributed by atoms with Gasteiger partial charge in [-0.2, -0.15) is 0 Å². The fraction of sp³-hybridized carbons (Fsp3) is 0.409. The Morgan fingerprint density at radius 3 is 2.26 bits per heavy atom. The van der Waals surface area contributed by atoms with Crippen molar-refractivity contribution in [2.45, 2.75) is 108 Å². The Morgan fingerprint density at radius 1 is 0.828 bits per heavy atom. The number of ether oxygens (including phenoxy) is 3. The molecule has 1 heterocycles. The molecule has 0 fully saturated rings. The number of thioether (sulfide) groups is 1. The first-order chi connectivity index (χ1) is 28.2. The average molecular weight is 829 g/mol. The molecule has 4 aromatic carbocycles. The van der Waals surface area contributed by atoms with E-state index in [0.29, 0.717) is 56.1 Å². The number of aromatic hydroxyl groups is 1. The molecule has 0 aliphatic heterocycles. The van der Waals surface area contributed by atoms with E-state index in [1.807, 2.05) is 32.0 Å². The van der Waals surface area contributed by atoms with Crippen LogP contribution in [0.3, 0.4) is 0 Å². The van der Waals surface area contributed by atoms with Crippen LogP contribution in [0.1, 0.15) is 111 Å². The maximum Gasteiger partial charge on any atom is 0.312 e. The van der Waals surface area contributed by atoms with Crippen molar-refractivity contribution in [2.24, 2.45) is 0 Å². The summed E-state index contributed by atoms with van der Waals surface area (Å²) >= 11 is 2.61. The maximum absolute atomic E-state index is 13.9. The van der Waals surface area contributed by atoms with Crippen LogP contribution in [0.5, 0.6) is 23.0 Å². The molecule has 0 atom stereocenters. The van der Waals surface area contributed by atoms with E-state index in [2.05, 4.69) is 22.4 Å². The number of fused-ring (bicyclic) bond motifs is 1. The predicted octanol–water partition coefficient (Wildman–Crippen LogP) is 11.7. The summed E-state index contributed by atoms with van der Waals surface area (Å²) in [5.74, 6) is -0.209. The second-order valence-electron chi connectivity index (χ2n) is 14.1. The molecular weight excluding hydrogens is 777 g/mol. The van der Waals surface area contributed by atoms with Gasteiger partial charge in [0.15, 0.2) is 4.34 Å². The Balaban J connectivity index is 1.26. The summed E-state index contributed by atoms with van der Waals surface area (Å²) in [4.78, 5) is 37.6. The molecule has 0 saturated carbocycles. The molecule has 58 heavy (non-hydrogen) atoms. The lowest BCUT2D eigenvalue weighted by Gasteiger charge is -2.16. The number of aryl methyl sites for hydroxylation is 1. The highest BCUT2D eigenvalue weighted by molar-refractivity contribution is 8.00. The van der Waals surface area contributed by atoms with Crippen LogP contribution in [0.2, 0.25) is 0 Å². The van der Waals surface area contributed by atoms with Gasteiger partial charge in [-0.15, -0.1) is 10.2 Å². The smallest absolute Gasteiger partial charge is 0.312 e. The number of rotatable bonds is 24. The molecule has 0 bridgehead atoms. The number of hydrogen-bond acceptors (Lipinski definition) is 12. The average Bonchev–Trinajstić information content (AvgIpc) is 3.67. The van der Waals surface area contributed by atoms with E-state index in [1.54, 1.807) is 30.3 Å². The minimum Gasteiger partial charge on any atom is -0.506 e. The van der Waals surface area contributed by atoms with E-state index in [-0.39, 0.29) is 40.9 Å². The van der Waals surface area contributed by atoms with Crippen LogP contribution >= 0.6 is 23.1 Å². The summed E-state index contributed by atoms with van der Waals surface area (Å²) < 4.78 is 18.1. The molecule has 0 spiro atoms. The Morgan fingerprint density at radius 2 is 1.53 bits per heavy atom. The number of nitrogens with one attached hydrogen (secondary N) is 1. The molecular formula is C44H52N4O8S2. The number of hydrogen-bond donors (Lipinski definition) is 2. The summed E-state index contributed by atoms with van der Waals surface area (Å²) in [5, 5.41) is 36.1. The van der Waals surface area contributed by atoms with Crippen molar-refractivity contribution < 1.29 is 33.8 Å². The Bertz CT molecular complexity index is 2160. The number of anilines is 1. The fourth-order valence-corrected chi connectivity index (χ4v) is 8.14. The van der Waals surface area contributed by atoms with Gasteiger partial charge in [-0.05, 0) is 55.2 Å². The largest absolute Gasteiger partial charge is 0.506 e. The normalized spacial score (nSPS) is 11.1. The molecule has 0 aliphatic carbocycles. The van der Waals surface area contributed by atoms with Crippen molar-refractivity contribution >= 4 is 57.1 Å². The van der Waals surface area contributed by atoms with Gasteiger partial charge in [0.05, 0.1) is 35.8 Å². The van der Waals surface area contributed by atoms with Gasteiger partial charge in [-0.25, -0.2) is 0 Å². The lowest BCUT2D eigenvalue weighted by atomic mass is 10.0. The highest BCUT2D eigenvalue weighted by atomic mass is 32.2. The third kappa shape index (κ3) is 12.9. The number of unbranched alkanes of at least 4 members (excludes halogenated alkanes) is 9. The van der Waals surface area contributed by atoms with Gasteiger partial charge >= 0.3 is 11.7 Å². The van der Waals surface area contributed by atoms with Gasteiger partial charge in [0, 0.05) is 22.6 Å². The zero-order valence-corrected chi connectivity index (χ0v) is 35.1. The van der Waals surface area contributed by atoms with E-state index < -0.39 is 10.8 Å². The molecule has 5 aromatic rings. The van der Waals surface area contributed by atoms with Gasteiger partial charge in [0.25, 0.3) is 5.91 Å². The summed E-state index contributed by atoms with van der Waals surface area (Å²) in [6, 6.07) is 18.5. The van der Waals surface area contributed by atoms with Crippen molar-refractivity contribution in [3.63, 3.8) is 0 Å². The number of carbonyl (C=O) groups excluding carboxylic acids is 2. The fourth-order valence-electron chi connectivity index (χ4n) is 6.32. The first-order valence-electron chi connectivity index (χ1n) is 20.0. The van der Waals surface area contributed by atoms with Crippen molar-refractivity contribution in [3.8, 4) is 23.0 Å². The molecule has 0 aliphatic rings. The standard InChI is InChI=1S/C44H52N4O8S2/c1-4-6-7-8-9-10-11-12-13-16-24-54-37-21-19-30(3)25-35(37)45-43(51)34-27-39(32-17-14-15-18-33(32)42(34)50)56-38-22-20-31(26-36(38)48(52)53)29-57-44-47-46-40(58-44)28-41(49)55-23-5-2/h14-15,17-22,25-27,50H,4-13,16,23-24,28-29H2,1-3H3,(H,45,51). The number of amides is 1. The molecule has 5 rings (SSSR count). The van der Waals surface area contributed by atoms with E-state index in [9.17, 15) is 24.8 Å². The zero-order chi connectivity index (χ0) is 41.3. The van der Waals surface area contributed by atoms with Crippen LogP contribution in [-0.2, 0) is 21.7 Å². The van der Waals surface area contributed by atoms with Gasteiger partial charge in [-0.1, -0.05) is 131 Å². The number of nitro groups is 1. The molecule has 14 heteroatoms. The number of benzene rings is 4. The number of nitrogens with zero attached hydrogens (tertiary/aromatic N) is 3. The van der Waals surface area contributed by atoms with E-state index in [1.165, 1.54) is 92.7 Å². The van der Waals surface area contributed by atoms with Crippen molar-refractivity contribution in [1.82, 2.24) is 10.2 Å². The van der Waals surface area contributed by atoms with Crippen LogP contribution in [0.15, 0.2) is 71.1 Å². The second-order valence-corrected chi connectivity index (χ2v) is 16.4. The molecule has 12 nitrogen and oxygen atoms in total. The molecule has 2 N–H and O–H groups in total. The minimum atomic E-state index is -0.595. The van der Waals surface area contributed by atoms with Gasteiger partial charge in [-0.3, -0.25) is 19.7 Å². The van der Waals surface area contributed by atoms with Crippen LogP contribution in [0.4, 0.5) is 11.4 Å². The number of phenolic OH excluding ortho intramolecular Hbond substituents is 1. The minimum absolute atomic E-state index is 0.0336. The van der Waals surface area contributed by atoms with Crippen molar-refractivity contribution in [2.75, 3.05) is 18.5 Å². The first-order valence-corrected chi connectivity index (χ1v) is 21.8. The molecule has 0 radical (unpaired) electrons. The summed E-state index contributed by atoms with van der Waals surface area (Å²) in [5.41, 5.74) is 1.68.